The first-order valence-corrected chi connectivity index (χ1v) is 18.6. The number of anilines is 2. The van der Waals surface area contributed by atoms with Crippen LogP contribution in [0.1, 0.15) is 30.9 Å². The zero-order valence-electron chi connectivity index (χ0n) is 26.7. The van der Waals surface area contributed by atoms with Crippen molar-refractivity contribution in [3.63, 3.8) is 0 Å². The van der Waals surface area contributed by atoms with E-state index in [9.17, 15) is 9.59 Å². The van der Waals surface area contributed by atoms with Gasteiger partial charge < -0.3 is 15.1 Å². The molecule has 4 aromatic carbocycles. The number of rotatable bonds is 2. The van der Waals surface area contributed by atoms with Gasteiger partial charge in [-0.2, -0.15) is 0 Å². The van der Waals surface area contributed by atoms with Gasteiger partial charge in [0.15, 0.2) is 8.59 Å². The number of aliphatic imine (C=N–C) groups is 2. The minimum atomic E-state index is -0.750. The van der Waals surface area contributed by atoms with Crippen molar-refractivity contribution in [2.24, 2.45) is 9.98 Å². The molecule has 52 heavy (non-hydrogen) atoms. The number of para-hydroxylation sites is 4. The summed E-state index contributed by atoms with van der Waals surface area (Å²) in [5.74, 6) is 0.354. The number of nitrogens with zero attached hydrogens (tertiary/aromatic N) is 2. The van der Waals surface area contributed by atoms with Gasteiger partial charge in [0.1, 0.15) is 21.3 Å². The van der Waals surface area contributed by atoms with Gasteiger partial charge in [0.2, 0.25) is 0 Å². The van der Waals surface area contributed by atoms with E-state index in [0.29, 0.717) is 55.2 Å². The Kier molecular flexibility index (Phi) is 14.4. The number of hydrogen-bond acceptors (Lipinski definition) is 6. The van der Waals surface area contributed by atoms with E-state index in [1.165, 1.54) is 0 Å². The lowest BCUT2D eigenvalue weighted by Gasteiger charge is -2.12. The fourth-order valence-electron chi connectivity index (χ4n) is 5.03. The lowest BCUT2D eigenvalue weighted by Crippen LogP contribution is -2.12. The molecule has 1 aliphatic heterocycles. The Labute approximate surface area is 333 Å². The maximum absolute atomic E-state index is 14.2. The Bertz CT molecular complexity index is 2030. The van der Waals surface area contributed by atoms with E-state index in [-0.39, 0.29) is 11.8 Å². The molecule has 2 aromatic heterocycles. The molecule has 0 aliphatic carbocycles. The third-order valence-electron chi connectivity index (χ3n) is 7.06. The van der Waals surface area contributed by atoms with Gasteiger partial charge in [0.25, 0.3) is 11.8 Å². The summed E-state index contributed by atoms with van der Waals surface area (Å²) < 4.78 is 4.38. The Balaban J connectivity index is 0.000000595. The molecule has 7 rings (SSSR count). The average Bonchev–Trinajstić information content (AvgIpc) is 3.76. The highest BCUT2D eigenvalue weighted by atomic mass is 35.6. The Hall–Kier alpha value is -4.12. The summed E-state index contributed by atoms with van der Waals surface area (Å²) in [5.41, 5.74) is 5.16. The van der Waals surface area contributed by atoms with Crippen molar-refractivity contribution in [3.8, 4) is 22.3 Å². The summed E-state index contributed by atoms with van der Waals surface area (Å²) in [7, 11) is 0. The van der Waals surface area contributed by atoms with Gasteiger partial charge >= 0.3 is 0 Å². The second-order valence-corrected chi connectivity index (χ2v) is 15.4. The van der Waals surface area contributed by atoms with Crippen molar-refractivity contribution in [1.29, 1.82) is 0 Å². The SMILES string of the molecule is ClC(Cl)Cl.ClC(Cl)Cl.O=C1Nc2ccccc2N=Cc2ccc(o2)C=Nc2ccccc2NC(=O)c2sc1c(-c1ccccc1)c2-c1ccccc1. The van der Waals surface area contributed by atoms with E-state index in [4.69, 9.17) is 74.0 Å². The molecule has 264 valence electrons. The molecule has 0 spiro atoms. The van der Waals surface area contributed by atoms with Crippen LogP contribution in [0.15, 0.2) is 136 Å². The van der Waals surface area contributed by atoms with E-state index in [1.54, 1.807) is 36.7 Å². The van der Waals surface area contributed by atoms with Crippen LogP contribution in [0, 0.1) is 0 Å². The zero-order valence-corrected chi connectivity index (χ0v) is 32.0. The fourth-order valence-corrected chi connectivity index (χ4v) is 6.16. The summed E-state index contributed by atoms with van der Waals surface area (Å²) in [6.07, 6.45) is 3.21. The number of nitrogens with one attached hydrogen (secondary N) is 2. The van der Waals surface area contributed by atoms with Crippen molar-refractivity contribution < 1.29 is 14.0 Å². The first-order valence-electron chi connectivity index (χ1n) is 15.2. The molecule has 2 N–H and O–H groups in total. The zero-order chi connectivity index (χ0) is 37.0. The van der Waals surface area contributed by atoms with Crippen molar-refractivity contribution in [2.75, 3.05) is 10.6 Å². The highest BCUT2D eigenvalue weighted by Crippen LogP contribution is 2.44. The monoisotopic (exact) mass is 828 g/mol. The lowest BCUT2D eigenvalue weighted by atomic mass is 9.94. The standard InChI is InChI=1S/C36H24N4O3S.2CHCl3/c41-35-33-31(23-11-3-1-4-12-23)32(24-13-5-2-6-14-24)34(44-33)36(42)40-30-18-10-8-16-28(30)38-22-26-20-19-25(43-26)21-37-27-15-7-9-17-29(27)39-35;2*2-1(3)4/h1-22H,(H,39,41)(H,40,42);2*1H. The Morgan fingerprint density at radius 2 is 0.846 bits per heavy atom. The van der Waals surface area contributed by atoms with Gasteiger partial charge in [-0.15, -0.1) is 11.3 Å². The molecule has 7 nitrogen and oxygen atoms in total. The number of alkyl halides is 6. The molecule has 2 amide bonds. The summed E-state index contributed by atoms with van der Waals surface area (Å²) in [6.45, 7) is 0. The Morgan fingerprint density at radius 3 is 1.23 bits per heavy atom. The Morgan fingerprint density at radius 1 is 0.500 bits per heavy atom. The maximum atomic E-state index is 14.2. The number of furan rings is 1. The minimum Gasteiger partial charge on any atom is -0.454 e. The molecule has 0 fully saturated rings. The number of halogens is 6. The molecular weight excluding hydrogens is 805 g/mol. The molecule has 3 heterocycles. The molecular formula is C38H26Cl6N4O3S. The predicted molar refractivity (Wildman–Crippen MR) is 220 cm³/mol. The van der Waals surface area contributed by atoms with Crippen LogP contribution in [0.3, 0.4) is 0 Å². The van der Waals surface area contributed by atoms with E-state index >= 15 is 0 Å². The molecule has 6 aromatic rings. The van der Waals surface area contributed by atoms with Crippen LogP contribution < -0.4 is 10.6 Å². The number of hydrogen-bond donors (Lipinski definition) is 2. The van der Waals surface area contributed by atoms with Crippen molar-refractivity contribution in [3.05, 3.63) is 143 Å². The quantitative estimate of drug-likeness (QED) is 0.170. The largest absolute Gasteiger partial charge is 0.454 e. The first kappa shape index (κ1) is 39.1. The summed E-state index contributed by atoms with van der Waals surface area (Å²) in [4.78, 5) is 38.3. The number of carbonyl (C=O) groups is 2. The molecule has 0 saturated heterocycles. The minimum absolute atomic E-state index is 0.348. The number of fused-ring (bicyclic) bond motifs is 6. The lowest BCUT2D eigenvalue weighted by molar-refractivity contribution is 0.102. The smallest absolute Gasteiger partial charge is 0.266 e. The summed E-state index contributed by atoms with van der Waals surface area (Å²) in [5, 5.41) is 6.11. The van der Waals surface area contributed by atoms with Crippen molar-refractivity contribution in [2.45, 2.75) is 8.59 Å². The second kappa shape index (κ2) is 19.1. The van der Waals surface area contributed by atoms with Gasteiger partial charge in [0.05, 0.1) is 35.2 Å². The molecule has 4 bridgehead atoms. The first-order chi connectivity index (χ1) is 25.1. The van der Waals surface area contributed by atoms with Crippen LogP contribution in [-0.4, -0.2) is 32.8 Å². The number of benzene rings is 4. The fraction of sp³-hybridized carbons (Fsp3) is 0.0526. The maximum Gasteiger partial charge on any atom is 0.266 e. The van der Waals surface area contributed by atoms with Gasteiger partial charge in [-0.1, -0.05) is 155 Å². The van der Waals surface area contributed by atoms with Crippen molar-refractivity contribution in [1.82, 2.24) is 0 Å². The van der Waals surface area contributed by atoms with E-state index in [2.05, 4.69) is 20.6 Å². The van der Waals surface area contributed by atoms with Gasteiger partial charge in [-0.3, -0.25) is 19.6 Å². The average molecular weight is 831 g/mol. The second-order valence-electron chi connectivity index (χ2n) is 10.4. The highest BCUT2D eigenvalue weighted by Gasteiger charge is 2.29. The van der Waals surface area contributed by atoms with Gasteiger partial charge in [-0.25, -0.2) is 0 Å². The number of thiophene rings is 1. The van der Waals surface area contributed by atoms with Gasteiger partial charge in [-0.05, 0) is 47.5 Å². The third-order valence-corrected chi connectivity index (χ3v) is 8.25. The van der Waals surface area contributed by atoms with Crippen LogP contribution in [0.5, 0.6) is 0 Å². The van der Waals surface area contributed by atoms with Crippen LogP contribution in [-0.2, 0) is 0 Å². The number of amides is 2. The van der Waals surface area contributed by atoms with Crippen molar-refractivity contribution >= 4 is 128 Å². The normalized spacial score (nSPS) is 12.2. The molecule has 0 unspecified atom stereocenters. The van der Waals surface area contributed by atoms with Crippen LogP contribution in [0.4, 0.5) is 22.7 Å². The van der Waals surface area contributed by atoms with Gasteiger partial charge in [0, 0.05) is 11.1 Å². The molecule has 0 atom stereocenters. The van der Waals surface area contributed by atoms with Crippen LogP contribution >= 0.6 is 80.9 Å². The predicted octanol–water partition coefficient (Wildman–Crippen LogP) is 13.0. The third kappa shape index (κ3) is 10.7. The molecule has 1 aliphatic rings. The molecule has 14 heteroatoms. The van der Waals surface area contributed by atoms with Crippen LogP contribution in [0.2, 0.25) is 0 Å². The number of carbonyl (C=O) groups excluding carboxylic acids is 2. The van der Waals surface area contributed by atoms with E-state index in [0.717, 1.165) is 22.5 Å². The van der Waals surface area contributed by atoms with Crippen LogP contribution in [0.25, 0.3) is 22.3 Å². The topological polar surface area (TPSA) is 96.1 Å². The summed E-state index contributed by atoms with van der Waals surface area (Å²) in [6, 6.07) is 37.5. The molecule has 0 radical (unpaired) electrons. The summed E-state index contributed by atoms with van der Waals surface area (Å²) >= 11 is 30.0. The molecule has 0 saturated carbocycles. The highest BCUT2D eigenvalue weighted by molar-refractivity contribution is 7.17. The van der Waals surface area contributed by atoms with E-state index < -0.39 is 8.59 Å². The van der Waals surface area contributed by atoms with E-state index in [1.807, 2.05) is 97.1 Å².